The first-order chi connectivity index (χ1) is 7.25. The summed E-state index contributed by atoms with van der Waals surface area (Å²) in [7, 11) is 0. The number of nitrogens with two attached hydrogens (primary N) is 1. The molecule has 84 valence electrons. The van der Waals surface area contributed by atoms with E-state index in [2.05, 4.69) is 31.2 Å². The van der Waals surface area contributed by atoms with E-state index in [1.54, 1.807) is 11.8 Å². The number of aryl methyl sites for hydroxylation is 1. The van der Waals surface area contributed by atoms with Gasteiger partial charge in [0, 0.05) is 15.5 Å². The maximum Gasteiger partial charge on any atom is 0.0455 e. The van der Waals surface area contributed by atoms with Crippen molar-refractivity contribution in [2.75, 3.05) is 5.73 Å². The van der Waals surface area contributed by atoms with Crippen LogP contribution in [0.15, 0.2) is 58.3 Å². The van der Waals surface area contributed by atoms with Crippen LogP contribution in [0.1, 0.15) is 5.56 Å². The first kappa shape index (κ1) is 12.9. The van der Waals surface area contributed by atoms with Crippen molar-refractivity contribution in [2.24, 2.45) is 0 Å². The first-order valence-corrected chi connectivity index (χ1v) is 5.66. The molecule has 2 N–H and O–H groups in total. The van der Waals surface area contributed by atoms with Gasteiger partial charge in [-0.15, -0.1) is 12.4 Å². The molecule has 0 aliphatic carbocycles. The van der Waals surface area contributed by atoms with Crippen molar-refractivity contribution in [3.63, 3.8) is 0 Å². The van der Waals surface area contributed by atoms with Crippen LogP contribution in [-0.4, -0.2) is 0 Å². The van der Waals surface area contributed by atoms with E-state index in [1.165, 1.54) is 10.5 Å². The van der Waals surface area contributed by atoms with E-state index in [-0.39, 0.29) is 12.4 Å². The lowest BCUT2D eigenvalue weighted by Crippen LogP contribution is -1.86. The molecule has 0 atom stereocenters. The molecule has 0 saturated heterocycles. The van der Waals surface area contributed by atoms with Crippen molar-refractivity contribution >= 4 is 29.9 Å². The predicted molar refractivity (Wildman–Crippen MR) is 73.4 cm³/mol. The standard InChI is InChI=1S/C13H13NS.ClH/c1-10-6-8-11(9-7-10)15-13-5-3-2-4-12(13)14;/h2-9H,14H2,1H3;1H. The van der Waals surface area contributed by atoms with Crippen molar-refractivity contribution in [1.82, 2.24) is 0 Å². The van der Waals surface area contributed by atoms with E-state index in [9.17, 15) is 0 Å². The zero-order chi connectivity index (χ0) is 10.7. The van der Waals surface area contributed by atoms with Gasteiger partial charge in [0.05, 0.1) is 0 Å². The fraction of sp³-hybridized carbons (Fsp3) is 0.0769. The van der Waals surface area contributed by atoms with Crippen molar-refractivity contribution in [3.05, 3.63) is 54.1 Å². The normalized spacial score (nSPS) is 9.56. The lowest BCUT2D eigenvalue weighted by Gasteiger charge is -2.04. The van der Waals surface area contributed by atoms with Gasteiger partial charge in [-0.05, 0) is 31.2 Å². The number of hydrogen-bond acceptors (Lipinski definition) is 2. The largest absolute Gasteiger partial charge is 0.398 e. The predicted octanol–water partition coefficient (Wildman–Crippen LogP) is 4.15. The third-order valence-corrected chi connectivity index (χ3v) is 3.27. The third kappa shape index (κ3) is 3.19. The molecule has 0 saturated carbocycles. The minimum atomic E-state index is 0. The van der Waals surface area contributed by atoms with E-state index in [1.807, 2.05) is 24.3 Å². The number of rotatable bonds is 2. The van der Waals surface area contributed by atoms with Crippen LogP contribution >= 0.6 is 24.2 Å². The van der Waals surface area contributed by atoms with Crippen LogP contribution in [0.2, 0.25) is 0 Å². The summed E-state index contributed by atoms with van der Waals surface area (Å²) in [6.45, 7) is 2.09. The van der Waals surface area contributed by atoms with Crippen molar-refractivity contribution in [3.8, 4) is 0 Å². The Bertz CT molecular complexity index is 454. The SMILES string of the molecule is Cc1ccc(Sc2ccccc2N)cc1.Cl. The van der Waals surface area contributed by atoms with Crippen LogP contribution in [0, 0.1) is 6.92 Å². The van der Waals surface area contributed by atoms with Gasteiger partial charge in [-0.25, -0.2) is 0 Å². The van der Waals surface area contributed by atoms with Crippen LogP contribution in [0.5, 0.6) is 0 Å². The molecule has 0 bridgehead atoms. The Morgan fingerprint density at radius 2 is 1.56 bits per heavy atom. The Hall–Kier alpha value is -1.12. The summed E-state index contributed by atoms with van der Waals surface area (Å²) >= 11 is 1.70. The molecule has 3 heteroatoms. The van der Waals surface area contributed by atoms with Gasteiger partial charge in [-0.3, -0.25) is 0 Å². The molecule has 16 heavy (non-hydrogen) atoms. The van der Waals surface area contributed by atoms with Crippen LogP contribution < -0.4 is 5.73 Å². The Morgan fingerprint density at radius 3 is 2.19 bits per heavy atom. The van der Waals surface area contributed by atoms with Crippen LogP contribution in [0.3, 0.4) is 0 Å². The summed E-state index contributed by atoms with van der Waals surface area (Å²) in [5.41, 5.74) is 7.99. The molecule has 0 amide bonds. The Balaban J connectivity index is 0.00000128. The Kier molecular flexibility index (Phi) is 4.71. The molecule has 0 spiro atoms. The van der Waals surface area contributed by atoms with Gasteiger partial charge < -0.3 is 5.73 Å². The lowest BCUT2D eigenvalue weighted by atomic mass is 10.2. The average molecular weight is 252 g/mol. The minimum absolute atomic E-state index is 0. The van der Waals surface area contributed by atoms with Gasteiger partial charge in [-0.1, -0.05) is 41.6 Å². The van der Waals surface area contributed by atoms with E-state index in [0.717, 1.165) is 10.6 Å². The Labute approximate surface area is 106 Å². The van der Waals surface area contributed by atoms with Crippen LogP contribution in [0.25, 0.3) is 0 Å². The topological polar surface area (TPSA) is 26.0 Å². The minimum Gasteiger partial charge on any atom is -0.398 e. The number of para-hydroxylation sites is 1. The number of anilines is 1. The zero-order valence-corrected chi connectivity index (χ0v) is 10.6. The highest BCUT2D eigenvalue weighted by molar-refractivity contribution is 7.99. The van der Waals surface area contributed by atoms with Gasteiger partial charge in [-0.2, -0.15) is 0 Å². The molecule has 2 rings (SSSR count). The second-order valence-electron chi connectivity index (χ2n) is 3.45. The summed E-state index contributed by atoms with van der Waals surface area (Å²) in [4.78, 5) is 2.33. The molecule has 0 aliphatic rings. The molecule has 1 nitrogen and oxygen atoms in total. The van der Waals surface area contributed by atoms with Gasteiger partial charge in [0.1, 0.15) is 0 Å². The molecule has 0 radical (unpaired) electrons. The van der Waals surface area contributed by atoms with Crippen molar-refractivity contribution < 1.29 is 0 Å². The molecular weight excluding hydrogens is 238 g/mol. The van der Waals surface area contributed by atoms with Crippen molar-refractivity contribution in [2.45, 2.75) is 16.7 Å². The molecule has 0 heterocycles. The number of halogens is 1. The van der Waals surface area contributed by atoms with Gasteiger partial charge in [0.25, 0.3) is 0 Å². The van der Waals surface area contributed by atoms with E-state index in [4.69, 9.17) is 5.73 Å². The summed E-state index contributed by atoms with van der Waals surface area (Å²) < 4.78 is 0. The highest BCUT2D eigenvalue weighted by atomic mass is 35.5. The lowest BCUT2D eigenvalue weighted by molar-refractivity contribution is 1.36. The summed E-state index contributed by atoms with van der Waals surface area (Å²) in [6.07, 6.45) is 0. The van der Waals surface area contributed by atoms with E-state index in [0.29, 0.717) is 0 Å². The van der Waals surface area contributed by atoms with E-state index < -0.39 is 0 Å². The molecule has 0 aromatic heterocycles. The van der Waals surface area contributed by atoms with Gasteiger partial charge in [0.2, 0.25) is 0 Å². The van der Waals surface area contributed by atoms with Gasteiger partial charge in [0.15, 0.2) is 0 Å². The zero-order valence-electron chi connectivity index (χ0n) is 9.01. The second-order valence-corrected chi connectivity index (χ2v) is 4.57. The third-order valence-electron chi connectivity index (χ3n) is 2.17. The van der Waals surface area contributed by atoms with Crippen LogP contribution in [0.4, 0.5) is 5.69 Å². The molecule has 2 aromatic rings. The summed E-state index contributed by atoms with van der Waals surface area (Å²) in [6, 6.07) is 16.4. The highest BCUT2D eigenvalue weighted by Gasteiger charge is 1.99. The maximum atomic E-state index is 5.88. The smallest absolute Gasteiger partial charge is 0.0455 e. The maximum absolute atomic E-state index is 5.88. The van der Waals surface area contributed by atoms with Crippen LogP contribution in [-0.2, 0) is 0 Å². The number of nitrogen functional groups attached to an aromatic ring is 1. The number of hydrogen-bond donors (Lipinski definition) is 1. The fourth-order valence-electron chi connectivity index (χ4n) is 1.31. The summed E-state index contributed by atoms with van der Waals surface area (Å²) in [5.74, 6) is 0. The second kappa shape index (κ2) is 5.83. The molecular formula is C13H14ClNS. The molecule has 0 aliphatic heterocycles. The Morgan fingerprint density at radius 1 is 0.938 bits per heavy atom. The van der Waals surface area contributed by atoms with Crippen molar-refractivity contribution in [1.29, 1.82) is 0 Å². The average Bonchev–Trinajstić information content (AvgIpc) is 2.25. The van der Waals surface area contributed by atoms with E-state index >= 15 is 0 Å². The molecule has 0 unspecified atom stereocenters. The first-order valence-electron chi connectivity index (χ1n) is 4.85. The molecule has 0 fully saturated rings. The highest BCUT2D eigenvalue weighted by Crippen LogP contribution is 2.31. The number of benzene rings is 2. The van der Waals surface area contributed by atoms with Gasteiger partial charge >= 0.3 is 0 Å². The molecule has 2 aromatic carbocycles. The monoisotopic (exact) mass is 251 g/mol. The fourth-order valence-corrected chi connectivity index (χ4v) is 2.17. The summed E-state index contributed by atoms with van der Waals surface area (Å²) in [5, 5.41) is 0. The quantitative estimate of drug-likeness (QED) is 0.812.